The fourth-order valence-corrected chi connectivity index (χ4v) is 4.32. The van der Waals surface area contributed by atoms with Crippen molar-refractivity contribution in [3.63, 3.8) is 0 Å². The van der Waals surface area contributed by atoms with E-state index in [2.05, 4.69) is 48.4 Å². The van der Waals surface area contributed by atoms with Gasteiger partial charge in [0, 0.05) is 52.5 Å². The Morgan fingerprint density at radius 3 is 2.81 bits per heavy atom. The van der Waals surface area contributed by atoms with Crippen LogP contribution in [0.3, 0.4) is 0 Å². The number of furan rings is 1. The molecule has 6 heterocycles. The molecule has 0 atom stereocenters. The molecular formula is C27H23N7O2. The Bertz CT molecular complexity index is 1680. The lowest BCUT2D eigenvalue weighted by atomic mass is 10.1. The van der Waals surface area contributed by atoms with Gasteiger partial charge in [-0.15, -0.1) is 0 Å². The van der Waals surface area contributed by atoms with Crippen LogP contribution < -0.4 is 5.32 Å². The summed E-state index contributed by atoms with van der Waals surface area (Å²) in [5.41, 5.74) is 7.44. The van der Waals surface area contributed by atoms with Gasteiger partial charge in [-0.1, -0.05) is 13.3 Å². The minimum Gasteiger partial charge on any atom is -0.472 e. The molecule has 36 heavy (non-hydrogen) atoms. The fourth-order valence-electron chi connectivity index (χ4n) is 4.32. The number of aromatic nitrogens is 6. The zero-order chi connectivity index (χ0) is 24.5. The van der Waals surface area contributed by atoms with E-state index in [1.807, 2.05) is 24.3 Å². The standard InChI is InChI=1S/C27H23N7O2/c1-2-3-4-24(35)31-19-9-17(12-28-14-19)18-10-22-25(33-34-27(22)30-13-18)23-11-21-20(16-6-8-36-15-16)5-7-29-26(21)32-23/h5-15H,2-4H2,1H3,(H,29,32)(H,31,35)(H,30,33,34). The van der Waals surface area contributed by atoms with Crippen LogP contribution in [0.4, 0.5) is 5.69 Å². The van der Waals surface area contributed by atoms with E-state index in [9.17, 15) is 4.79 Å². The number of amides is 1. The van der Waals surface area contributed by atoms with Crippen molar-refractivity contribution in [2.75, 3.05) is 5.32 Å². The highest BCUT2D eigenvalue weighted by Gasteiger charge is 2.16. The van der Waals surface area contributed by atoms with Gasteiger partial charge in [-0.25, -0.2) is 9.97 Å². The van der Waals surface area contributed by atoms with Crippen molar-refractivity contribution in [3.8, 4) is 33.6 Å². The molecule has 9 nitrogen and oxygen atoms in total. The summed E-state index contributed by atoms with van der Waals surface area (Å²) in [6, 6.07) is 9.88. The van der Waals surface area contributed by atoms with Gasteiger partial charge in [0.2, 0.25) is 5.91 Å². The molecule has 178 valence electrons. The predicted octanol–water partition coefficient (Wildman–Crippen LogP) is 5.95. The Balaban J connectivity index is 1.37. The Morgan fingerprint density at radius 2 is 1.94 bits per heavy atom. The van der Waals surface area contributed by atoms with Gasteiger partial charge in [-0.05, 0) is 42.3 Å². The molecule has 0 fully saturated rings. The number of carbonyl (C=O) groups excluding carboxylic acids is 1. The molecule has 9 heteroatoms. The zero-order valence-corrected chi connectivity index (χ0v) is 19.6. The van der Waals surface area contributed by atoms with Crippen LogP contribution in [0.1, 0.15) is 26.2 Å². The summed E-state index contributed by atoms with van der Waals surface area (Å²) in [5.74, 6) is -0.0105. The summed E-state index contributed by atoms with van der Waals surface area (Å²) >= 11 is 0. The predicted molar refractivity (Wildman–Crippen MR) is 138 cm³/mol. The van der Waals surface area contributed by atoms with Gasteiger partial charge in [-0.2, -0.15) is 5.10 Å². The first-order valence-corrected chi connectivity index (χ1v) is 11.8. The quantitative estimate of drug-likeness (QED) is 0.261. The number of unbranched alkanes of at least 4 members (excludes halogenated alkanes) is 1. The lowest BCUT2D eigenvalue weighted by Crippen LogP contribution is -2.11. The maximum Gasteiger partial charge on any atom is 0.224 e. The van der Waals surface area contributed by atoms with E-state index in [4.69, 9.17) is 4.42 Å². The van der Waals surface area contributed by atoms with Gasteiger partial charge < -0.3 is 14.7 Å². The number of H-pyrrole nitrogens is 2. The number of carbonyl (C=O) groups is 1. The smallest absolute Gasteiger partial charge is 0.224 e. The van der Waals surface area contributed by atoms with Crippen molar-refractivity contribution >= 4 is 33.7 Å². The van der Waals surface area contributed by atoms with Gasteiger partial charge in [0.25, 0.3) is 0 Å². The number of nitrogens with one attached hydrogen (secondary N) is 3. The molecule has 1 amide bonds. The van der Waals surface area contributed by atoms with Crippen LogP contribution in [-0.2, 0) is 4.79 Å². The Kier molecular flexibility index (Phi) is 5.49. The summed E-state index contributed by atoms with van der Waals surface area (Å²) in [6.45, 7) is 2.06. The number of fused-ring (bicyclic) bond motifs is 2. The van der Waals surface area contributed by atoms with E-state index < -0.39 is 0 Å². The maximum atomic E-state index is 12.2. The molecule has 0 saturated carbocycles. The minimum atomic E-state index is -0.0105. The Hall–Kier alpha value is -4.79. The van der Waals surface area contributed by atoms with E-state index in [0.29, 0.717) is 17.8 Å². The lowest BCUT2D eigenvalue weighted by Gasteiger charge is -2.07. The average molecular weight is 478 g/mol. The molecule has 0 spiro atoms. The van der Waals surface area contributed by atoms with Crippen LogP contribution in [0.5, 0.6) is 0 Å². The Morgan fingerprint density at radius 1 is 1.03 bits per heavy atom. The van der Waals surface area contributed by atoms with E-state index in [1.54, 1.807) is 37.3 Å². The molecular weight excluding hydrogens is 454 g/mol. The van der Waals surface area contributed by atoms with Gasteiger partial charge in [0.05, 0.1) is 35.8 Å². The molecule has 6 aromatic heterocycles. The highest BCUT2D eigenvalue weighted by atomic mass is 16.3. The zero-order valence-electron chi connectivity index (χ0n) is 19.6. The number of aromatic amines is 2. The van der Waals surface area contributed by atoms with E-state index in [-0.39, 0.29) is 5.91 Å². The van der Waals surface area contributed by atoms with Crippen molar-refractivity contribution in [3.05, 3.63) is 67.6 Å². The number of rotatable bonds is 7. The van der Waals surface area contributed by atoms with Crippen LogP contribution in [0.15, 0.2) is 72.1 Å². The average Bonchev–Trinajstić information content (AvgIpc) is 3.66. The first-order chi connectivity index (χ1) is 17.7. The maximum absolute atomic E-state index is 12.2. The first-order valence-electron chi connectivity index (χ1n) is 11.8. The molecule has 6 rings (SSSR count). The van der Waals surface area contributed by atoms with Crippen molar-refractivity contribution in [1.82, 2.24) is 30.1 Å². The van der Waals surface area contributed by atoms with Crippen molar-refractivity contribution in [2.24, 2.45) is 0 Å². The van der Waals surface area contributed by atoms with E-state index >= 15 is 0 Å². The monoisotopic (exact) mass is 477 g/mol. The number of hydrogen-bond acceptors (Lipinski definition) is 6. The van der Waals surface area contributed by atoms with Crippen LogP contribution in [0, 0.1) is 0 Å². The molecule has 0 radical (unpaired) electrons. The number of hydrogen-bond donors (Lipinski definition) is 3. The summed E-state index contributed by atoms with van der Waals surface area (Å²) in [4.78, 5) is 28.9. The van der Waals surface area contributed by atoms with Crippen molar-refractivity contribution in [1.29, 1.82) is 0 Å². The summed E-state index contributed by atoms with van der Waals surface area (Å²) in [6.07, 6.45) is 12.6. The second kappa shape index (κ2) is 9.10. The molecule has 0 bridgehead atoms. The number of nitrogens with zero attached hydrogens (tertiary/aromatic N) is 4. The second-order valence-corrected chi connectivity index (χ2v) is 8.62. The van der Waals surface area contributed by atoms with Crippen LogP contribution >= 0.6 is 0 Å². The summed E-state index contributed by atoms with van der Waals surface area (Å²) in [7, 11) is 0. The third-order valence-electron chi connectivity index (χ3n) is 6.16. The summed E-state index contributed by atoms with van der Waals surface area (Å²) < 4.78 is 5.27. The van der Waals surface area contributed by atoms with Crippen molar-refractivity contribution in [2.45, 2.75) is 26.2 Å². The third-order valence-corrected chi connectivity index (χ3v) is 6.16. The molecule has 6 aromatic rings. The Labute approximate surface area is 206 Å². The normalized spacial score (nSPS) is 11.4. The molecule has 0 aliphatic rings. The van der Waals surface area contributed by atoms with Crippen molar-refractivity contribution < 1.29 is 9.21 Å². The van der Waals surface area contributed by atoms with Crippen LogP contribution in [-0.4, -0.2) is 36.0 Å². The number of pyridine rings is 3. The fraction of sp³-hybridized carbons (Fsp3) is 0.148. The van der Waals surface area contributed by atoms with Gasteiger partial charge in [0.1, 0.15) is 5.65 Å². The lowest BCUT2D eigenvalue weighted by molar-refractivity contribution is -0.116. The summed E-state index contributed by atoms with van der Waals surface area (Å²) in [5, 5.41) is 12.3. The molecule has 0 unspecified atom stereocenters. The van der Waals surface area contributed by atoms with Crippen LogP contribution in [0.2, 0.25) is 0 Å². The molecule has 0 aliphatic carbocycles. The largest absolute Gasteiger partial charge is 0.472 e. The minimum absolute atomic E-state index is 0.0105. The first kappa shape index (κ1) is 21.7. The van der Waals surface area contributed by atoms with Gasteiger partial charge in [0.15, 0.2) is 5.65 Å². The van der Waals surface area contributed by atoms with E-state index in [1.165, 1.54) is 0 Å². The highest BCUT2D eigenvalue weighted by molar-refractivity contribution is 5.99. The van der Waals surface area contributed by atoms with Gasteiger partial charge in [-0.3, -0.25) is 14.9 Å². The number of anilines is 1. The SMILES string of the molecule is CCCCC(=O)Nc1cncc(-c2cnc3n[nH]c(-c4cc5c(-c6ccoc6)ccnc5[nH]4)c3c2)c1. The molecule has 0 aliphatic heterocycles. The van der Waals surface area contributed by atoms with Gasteiger partial charge >= 0.3 is 0 Å². The van der Waals surface area contributed by atoms with Crippen LogP contribution in [0.25, 0.3) is 55.7 Å². The molecule has 0 aromatic carbocycles. The topological polar surface area (TPSA) is 125 Å². The highest BCUT2D eigenvalue weighted by Crippen LogP contribution is 2.34. The third kappa shape index (κ3) is 4.00. The molecule has 0 saturated heterocycles. The second-order valence-electron chi connectivity index (χ2n) is 8.62. The van der Waals surface area contributed by atoms with E-state index in [0.717, 1.165) is 62.9 Å². The molecule has 3 N–H and O–H groups in total.